The Bertz CT molecular complexity index is 323. The lowest BCUT2D eigenvalue weighted by Gasteiger charge is -2.13. The van der Waals surface area contributed by atoms with Crippen LogP contribution in [0, 0.1) is 0 Å². The van der Waals surface area contributed by atoms with Crippen LogP contribution in [0.5, 0.6) is 5.75 Å². The normalized spacial score (nSPS) is 19.5. The van der Waals surface area contributed by atoms with Crippen LogP contribution in [0.3, 0.4) is 0 Å². The molecule has 3 heteroatoms. The van der Waals surface area contributed by atoms with Crippen LogP contribution in [-0.4, -0.2) is 20.7 Å². The summed E-state index contributed by atoms with van der Waals surface area (Å²) in [5.74, 6) is 0.929. The summed E-state index contributed by atoms with van der Waals surface area (Å²) in [7, 11) is 4.02. The van der Waals surface area contributed by atoms with Crippen molar-refractivity contribution in [1.29, 1.82) is 0 Å². The first-order valence-corrected chi connectivity index (χ1v) is 4.38. The summed E-state index contributed by atoms with van der Waals surface area (Å²) in [6, 6.07) is 6.18. The van der Waals surface area contributed by atoms with Crippen molar-refractivity contribution in [3.05, 3.63) is 23.8 Å². The Hall–Kier alpha value is -1.22. The topological polar surface area (TPSA) is 38.5 Å². The molecule has 0 radical (unpaired) electrons. The van der Waals surface area contributed by atoms with Gasteiger partial charge in [0.1, 0.15) is 12.4 Å². The van der Waals surface area contributed by atoms with E-state index in [1.165, 1.54) is 0 Å². The molecule has 0 unspecified atom stereocenters. The predicted molar refractivity (Wildman–Crippen MR) is 53.2 cm³/mol. The zero-order chi connectivity index (χ0) is 9.42. The second kappa shape index (κ2) is 2.92. The summed E-state index contributed by atoms with van der Waals surface area (Å²) in [5, 5.41) is 0. The number of hydrogen-bond acceptors (Lipinski definition) is 3. The third kappa shape index (κ3) is 1.35. The minimum atomic E-state index is 0.0474. The Morgan fingerprint density at radius 1 is 1.46 bits per heavy atom. The second-order valence-corrected chi connectivity index (χ2v) is 3.53. The minimum absolute atomic E-state index is 0.0474. The number of anilines is 1. The van der Waals surface area contributed by atoms with E-state index in [9.17, 15) is 0 Å². The van der Waals surface area contributed by atoms with Crippen LogP contribution in [0.15, 0.2) is 18.2 Å². The third-order valence-corrected chi connectivity index (χ3v) is 2.33. The summed E-state index contributed by atoms with van der Waals surface area (Å²) in [5.41, 5.74) is 8.10. The van der Waals surface area contributed by atoms with Gasteiger partial charge < -0.3 is 15.4 Å². The Labute approximate surface area is 78.1 Å². The van der Waals surface area contributed by atoms with Gasteiger partial charge in [-0.25, -0.2) is 0 Å². The molecule has 0 bridgehead atoms. The zero-order valence-corrected chi connectivity index (χ0v) is 7.95. The van der Waals surface area contributed by atoms with Crippen molar-refractivity contribution in [3.8, 4) is 5.75 Å². The minimum Gasteiger partial charge on any atom is -0.491 e. The summed E-state index contributed by atoms with van der Waals surface area (Å²) in [4.78, 5) is 2.05. The fraction of sp³-hybridized carbons (Fsp3) is 0.400. The highest BCUT2D eigenvalue weighted by Gasteiger charge is 2.20. The summed E-state index contributed by atoms with van der Waals surface area (Å²) in [6.07, 6.45) is 0. The van der Waals surface area contributed by atoms with Gasteiger partial charge in [0.25, 0.3) is 0 Å². The first-order valence-electron chi connectivity index (χ1n) is 4.38. The average molecular weight is 178 g/mol. The van der Waals surface area contributed by atoms with E-state index in [4.69, 9.17) is 10.5 Å². The van der Waals surface area contributed by atoms with Gasteiger partial charge in [-0.15, -0.1) is 0 Å². The number of ether oxygens (including phenoxy) is 1. The van der Waals surface area contributed by atoms with Gasteiger partial charge in [-0.3, -0.25) is 0 Å². The average Bonchev–Trinajstić information content (AvgIpc) is 2.47. The quantitative estimate of drug-likeness (QED) is 0.701. The van der Waals surface area contributed by atoms with Crippen molar-refractivity contribution < 1.29 is 4.74 Å². The van der Waals surface area contributed by atoms with Crippen LogP contribution in [0.25, 0.3) is 0 Å². The van der Waals surface area contributed by atoms with Gasteiger partial charge in [0, 0.05) is 31.4 Å². The van der Waals surface area contributed by atoms with E-state index < -0.39 is 0 Å². The molecule has 0 saturated heterocycles. The fourth-order valence-corrected chi connectivity index (χ4v) is 1.50. The number of benzene rings is 1. The summed E-state index contributed by atoms with van der Waals surface area (Å²) in [6.45, 7) is 0.603. The number of nitrogens with zero attached hydrogens (tertiary/aromatic N) is 1. The molecular formula is C10H14N2O. The lowest BCUT2D eigenvalue weighted by Crippen LogP contribution is -2.11. The first kappa shape index (κ1) is 8.38. The van der Waals surface area contributed by atoms with Crippen LogP contribution < -0.4 is 15.4 Å². The van der Waals surface area contributed by atoms with Gasteiger partial charge in [0.2, 0.25) is 0 Å². The van der Waals surface area contributed by atoms with Gasteiger partial charge in [-0.2, -0.15) is 0 Å². The summed E-state index contributed by atoms with van der Waals surface area (Å²) >= 11 is 0. The molecule has 13 heavy (non-hydrogen) atoms. The van der Waals surface area contributed by atoms with Crippen LogP contribution in [0.2, 0.25) is 0 Å². The van der Waals surface area contributed by atoms with Gasteiger partial charge in [0.15, 0.2) is 0 Å². The van der Waals surface area contributed by atoms with Crippen molar-refractivity contribution in [2.75, 3.05) is 25.6 Å². The molecule has 0 amide bonds. The smallest absolute Gasteiger partial charge is 0.126 e. The van der Waals surface area contributed by atoms with E-state index in [1.54, 1.807) is 0 Å². The molecule has 0 fully saturated rings. The van der Waals surface area contributed by atoms with Gasteiger partial charge >= 0.3 is 0 Å². The Balaban J connectivity index is 2.40. The van der Waals surface area contributed by atoms with Crippen molar-refractivity contribution in [2.45, 2.75) is 6.04 Å². The van der Waals surface area contributed by atoms with E-state index in [-0.39, 0.29) is 6.04 Å². The SMILES string of the molecule is CN(C)c1ccc2c(c1)OC[C@H]2N. The standard InChI is InChI=1S/C10H14N2O/c1-12(2)7-3-4-8-9(11)6-13-10(8)5-7/h3-5,9H,6,11H2,1-2H3/t9-/m1/s1. The van der Waals surface area contributed by atoms with Crippen LogP contribution in [0.1, 0.15) is 11.6 Å². The summed E-state index contributed by atoms with van der Waals surface area (Å²) < 4.78 is 5.45. The lowest BCUT2D eigenvalue weighted by molar-refractivity contribution is 0.333. The molecule has 70 valence electrons. The van der Waals surface area contributed by atoms with E-state index >= 15 is 0 Å². The van der Waals surface area contributed by atoms with Crippen LogP contribution in [0.4, 0.5) is 5.69 Å². The van der Waals surface area contributed by atoms with Crippen LogP contribution >= 0.6 is 0 Å². The molecule has 0 spiro atoms. The van der Waals surface area contributed by atoms with Crippen molar-refractivity contribution in [2.24, 2.45) is 5.73 Å². The van der Waals surface area contributed by atoms with Crippen LogP contribution in [-0.2, 0) is 0 Å². The van der Waals surface area contributed by atoms with E-state index in [0.717, 1.165) is 17.0 Å². The van der Waals surface area contributed by atoms with E-state index in [0.29, 0.717) is 6.61 Å². The maximum atomic E-state index is 5.83. The maximum Gasteiger partial charge on any atom is 0.126 e. The molecule has 3 nitrogen and oxygen atoms in total. The molecule has 1 heterocycles. The number of fused-ring (bicyclic) bond motifs is 1. The van der Waals surface area contributed by atoms with Gasteiger partial charge in [0.05, 0.1) is 6.04 Å². The molecule has 0 aromatic heterocycles. The Morgan fingerprint density at radius 2 is 2.23 bits per heavy atom. The monoisotopic (exact) mass is 178 g/mol. The van der Waals surface area contributed by atoms with Gasteiger partial charge in [-0.05, 0) is 6.07 Å². The largest absolute Gasteiger partial charge is 0.491 e. The molecule has 2 rings (SSSR count). The van der Waals surface area contributed by atoms with Crippen molar-refractivity contribution >= 4 is 5.69 Å². The molecule has 1 aliphatic heterocycles. The zero-order valence-electron chi connectivity index (χ0n) is 7.95. The molecule has 1 aromatic carbocycles. The highest BCUT2D eigenvalue weighted by atomic mass is 16.5. The van der Waals surface area contributed by atoms with Gasteiger partial charge in [-0.1, -0.05) is 6.07 Å². The van der Waals surface area contributed by atoms with E-state index in [1.807, 2.05) is 31.1 Å². The molecular weight excluding hydrogens is 164 g/mol. The highest BCUT2D eigenvalue weighted by Crippen LogP contribution is 2.33. The predicted octanol–water partition coefficient (Wildman–Crippen LogP) is 1.14. The van der Waals surface area contributed by atoms with Crippen molar-refractivity contribution in [3.63, 3.8) is 0 Å². The fourth-order valence-electron chi connectivity index (χ4n) is 1.50. The first-order chi connectivity index (χ1) is 6.18. The maximum absolute atomic E-state index is 5.83. The van der Waals surface area contributed by atoms with E-state index in [2.05, 4.69) is 6.07 Å². The Kier molecular flexibility index (Phi) is 1.88. The Morgan fingerprint density at radius 3 is 2.92 bits per heavy atom. The third-order valence-electron chi connectivity index (χ3n) is 2.33. The molecule has 1 aromatic rings. The van der Waals surface area contributed by atoms with Crippen molar-refractivity contribution in [1.82, 2.24) is 0 Å². The molecule has 0 saturated carbocycles. The number of rotatable bonds is 1. The number of nitrogens with two attached hydrogens (primary N) is 1. The number of hydrogen-bond donors (Lipinski definition) is 1. The highest BCUT2D eigenvalue weighted by molar-refractivity contribution is 5.54. The molecule has 2 N–H and O–H groups in total. The molecule has 1 atom stereocenters. The second-order valence-electron chi connectivity index (χ2n) is 3.53. The molecule has 0 aliphatic carbocycles. The molecule has 1 aliphatic rings. The lowest BCUT2D eigenvalue weighted by atomic mass is 10.1.